The summed E-state index contributed by atoms with van der Waals surface area (Å²) in [5.74, 6) is -2.33. The molecule has 1 amide bonds. The molecule has 2 aromatic carbocycles. The van der Waals surface area contributed by atoms with Crippen molar-refractivity contribution in [2.24, 2.45) is 0 Å². The molecule has 0 saturated carbocycles. The highest BCUT2D eigenvalue weighted by Crippen LogP contribution is 2.30. The molecule has 0 radical (unpaired) electrons. The van der Waals surface area contributed by atoms with Crippen LogP contribution >= 0.6 is 0 Å². The Bertz CT molecular complexity index is 854. The lowest BCUT2D eigenvalue weighted by Gasteiger charge is -2.16. The van der Waals surface area contributed by atoms with E-state index < -0.39 is 41.9 Å². The number of amides is 1. The Kier molecular flexibility index (Phi) is 6.55. The first-order valence-corrected chi connectivity index (χ1v) is 7.81. The van der Waals surface area contributed by atoms with Gasteiger partial charge in [-0.05, 0) is 37.3 Å². The molecule has 0 heterocycles. The lowest BCUT2D eigenvalue weighted by molar-refractivity contribution is -0.137. The van der Waals surface area contributed by atoms with Crippen LogP contribution in [0.5, 0.6) is 5.75 Å². The maximum absolute atomic E-state index is 12.7. The van der Waals surface area contributed by atoms with Crippen molar-refractivity contribution in [3.8, 4) is 5.75 Å². The first kappa shape index (κ1) is 21.1. The van der Waals surface area contributed by atoms with Gasteiger partial charge in [-0.1, -0.05) is 18.2 Å². The Morgan fingerprint density at radius 3 is 2.36 bits per heavy atom. The molecular weight excluding hydrogens is 389 g/mol. The molecule has 0 aliphatic heterocycles. The molecule has 10 heteroatoms. The molecule has 5 nitrogen and oxygen atoms in total. The number of anilines is 1. The Labute approximate surface area is 156 Å². The molecule has 0 fully saturated rings. The van der Waals surface area contributed by atoms with Gasteiger partial charge < -0.3 is 14.8 Å². The van der Waals surface area contributed by atoms with Crippen molar-refractivity contribution < 1.29 is 41.0 Å². The van der Waals surface area contributed by atoms with Crippen LogP contribution < -0.4 is 10.1 Å². The molecule has 1 unspecified atom stereocenters. The minimum Gasteiger partial charge on any atom is -0.449 e. The molecule has 2 aromatic rings. The number of rotatable bonds is 6. The first-order valence-electron chi connectivity index (χ1n) is 7.81. The minimum absolute atomic E-state index is 0.0882. The zero-order valence-electron chi connectivity index (χ0n) is 14.3. The van der Waals surface area contributed by atoms with E-state index in [4.69, 9.17) is 4.74 Å². The van der Waals surface area contributed by atoms with E-state index >= 15 is 0 Å². The van der Waals surface area contributed by atoms with Crippen LogP contribution in [-0.4, -0.2) is 24.6 Å². The summed E-state index contributed by atoms with van der Waals surface area (Å²) in [6.45, 7) is -1.94. The van der Waals surface area contributed by atoms with E-state index in [-0.39, 0.29) is 11.4 Å². The van der Waals surface area contributed by atoms with Gasteiger partial charge in [0.05, 0.1) is 16.8 Å². The van der Waals surface area contributed by atoms with E-state index in [9.17, 15) is 31.5 Å². The predicted molar refractivity (Wildman–Crippen MR) is 88.0 cm³/mol. The highest BCUT2D eigenvalue weighted by atomic mass is 19.4. The van der Waals surface area contributed by atoms with Crippen molar-refractivity contribution in [3.05, 3.63) is 59.7 Å². The van der Waals surface area contributed by atoms with Crippen molar-refractivity contribution in [1.29, 1.82) is 0 Å². The minimum atomic E-state index is -4.65. The average Bonchev–Trinajstić information content (AvgIpc) is 2.62. The van der Waals surface area contributed by atoms with Crippen molar-refractivity contribution in [1.82, 2.24) is 0 Å². The van der Waals surface area contributed by atoms with Crippen LogP contribution in [0.25, 0.3) is 0 Å². The Hall–Kier alpha value is -3.17. The molecule has 150 valence electrons. The van der Waals surface area contributed by atoms with Gasteiger partial charge in [-0.15, -0.1) is 0 Å². The van der Waals surface area contributed by atoms with Crippen molar-refractivity contribution in [3.63, 3.8) is 0 Å². The highest BCUT2D eigenvalue weighted by Gasteiger charge is 2.31. The first-order chi connectivity index (χ1) is 13.1. The number of para-hydroxylation sites is 2. The monoisotopic (exact) mass is 403 g/mol. The smallest absolute Gasteiger partial charge is 0.416 e. The number of hydrogen-bond donors (Lipinski definition) is 1. The molecule has 28 heavy (non-hydrogen) atoms. The summed E-state index contributed by atoms with van der Waals surface area (Å²) in [5.41, 5.74) is -1.53. The Balaban J connectivity index is 2.06. The van der Waals surface area contributed by atoms with Gasteiger partial charge in [0.2, 0.25) is 0 Å². The number of alkyl halides is 5. The van der Waals surface area contributed by atoms with Crippen LogP contribution in [0, 0.1) is 0 Å². The van der Waals surface area contributed by atoms with E-state index in [1.807, 2.05) is 0 Å². The number of carbonyl (C=O) groups is 2. The van der Waals surface area contributed by atoms with E-state index in [1.165, 1.54) is 31.2 Å². The summed E-state index contributed by atoms with van der Waals surface area (Å²) in [6.07, 6.45) is -6.06. The third-order valence-corrected chi connectivity index (χ3v) is 3.44. The van der Waals surface area contributed by atoms with Crippen molar-refractivity contribution in [2.75, 3.05) is 5.32 Å². The van der Waals surface area contributed by atoms with Gasteiger partial charge >= 0.3 is 18.8 Å². The third-order valence-electron chi connectivity index (χ3n) is 3.44. The van der Waals surface area contributed by atoms with E-state index in [0.717, 1.165) is 18.2 Å². The second-order valence-electron chi connectivity index (χ2n) is 5.49. The van der Waals surface area contributed by atoms with E-state index in [1.54, 1.807) is 0 Å². The summed E-state index contributed by atoms with van der Waals surface area (Å²) in [4.78, 5) is 24.1. The lowest BCUT2D eigenvalue weighted by Crippen LogP contribution is -2.30. The maximum Gasteiger partial charge on any atom is 0.416 e. The second kappa shape index (κ2) is 8.68. The van der Waals surface area contributed by atoms with Crippen LogP contribution in [0.3, 0.4) is 0 Å². The van der Waals surface area contributed by atoms with Crippen LogP contribution in [-0.2, 0) is 15.7 Å². The van der Waals surface area contributed by atoms with Crippen molar-refractivity contribution in [2.45, 2.75) is 25.8 Å². The standard InChI is InChI=1S/C18H14F5NO4/c1-10(15(25)24-13-7-2-3-8-14(13)28-17(19)20)27-16(26)11-5-4-6-12(9-11)18(21,22)23/h2-10,17H,1H3,(H,24,25). The fraction of sp³-hybridized carbons (Fsp3) is 0.222. The molecule has 0 aliphatic rings. The zero-order chi connectivity index (χ0) is 20.9. The van der Waals surface area contributed by atoms with Gasteiger partial charge in [-0.3, -0.25) is 4.79 Å². The Morgan fingerprint density at radius 1 is 1.04 bits per heavy atom. The molecule has 1 atom stereocenters. The summed E-state index contributed by atoms with van der Waals surface area (Å²) < 4.78 is 72.0. The number of nitrogens with one attached hydrogen (secondary N) is 1. The number of esters is 1. The quantitative estimate of drug-likeness (QED) is 0.570. The summed E-state index contributed by atoms with van der Waals surface area (Å²) in [7, 11) is 0. The normalized spacial score (nSPS) is 12.4. The largest absolute Gasteiger partial charge is 0.449 e. The number of ether oxygens (including phenoxy) is 2. The van der Waals surface area contributed by atoms with Gasteiger partial charge in [0, 0.05) is 0 Å². The van der Waals surface area contributed by atoms with E-state index in [2.05, 4.69) is 10.1 Å². The molecule has 2 rings (SSSR count). The fourth-order valence-corrected chi connectivity index (χ4v) is 2.11. The molecular formula is C18H14F5NO4. The molecule has 0 saturated heterocycles. The fourth-order valence-electron chi connectivity index (χ4n) is 2.11. The van der Waals surface area contributed by atoms with Crippen LogP contribution in [0.4, 0.5) is 27.6 Å². The van der Waals surface area contributed by atoms with Crippen LogP contribution in [0.15, 0.2) is 48.5 Å². The van der Waals surface area contributed by atoms with Crippen molar-refractivity contribution >= 4 is 17.6 Å². The topological polar surface area (TPSA) is 64.6 Å². The van der Waals surface area contributed by atoms with Gasteiger partial charge in [0.15, 0.2) is 6.10 Å². The lowest BCUT2D eigenvalue weighted by atomic mass is 10.1. The van der Waals surface area contributed by atoms with E-state index in [0.29, 0.717) is 6.07 Å². The molecule has 1 N–H and O–H groups in total. The van der Waals surface area contributed by atoms with Gasteiger partial charge in [-0.2, -0.15) is 22.0 Å². The summed E-state index contributed by atoms with van der Waals surface area (Å²) >= 11 is 0. The molecule has 0 bridgehead atoms. The zero-order valence-corrected chi connectivity index (χ0v) is 14.3. The number of benzene rings is 2. The van der Waals surface area contributed by atoms with Crippen LogP contribution in [0.2, 0.25) is 0 Å². The molecule has 0 spiro atoms. The van der Waals surface area contributed by atoms with Gasteiger partial charge in [0.25, 0.3) is 5.91 Å². The van der Waals surface area contributed by atoms with Crippen LogP contribution in [0.1, 0.15) is 22.8 Å². The number of hydrogen-bond acceptors (Lipinski definition) is 4. The predicted octanol–water partition coefficient (Wildman–Crippen LogP) is 4.49. The molecule has 0 aromatic heterocycles. The summed E-state index contributed by atoms with van der Waals surface area (Å²) in [5, 5.41) is 2.25. The Morgan fingerprint density at radius 2 is 1.71 bits per heavy atom. The summed E-state index contributed by atoms with van der Waals surface area (Å²) in [6, 6.07) is 8.86. The highest BCUT2D eigenvalue weighted by molar-refractivity contribution is 5.98. The third kappa shape index (κ3) is 5.66. The number of carbonyl (C=O) groups excluding carboxylic acids is 2. The molecule has 0 aliphatic carbocycles. The van der Waals surface area contributed by atoms with Gasteiger partial charge in [0.1, 0.15) is 5.75 Å². The SMILES string of the molecule is CC(OC(=O)c1cccc(C(F)(F)F)c1)C(=O)Nc1ccccc1OC(F)F. The second-order valence-corrected chi connectivity index (χ2v) is 5.49. The maximum atomic E-state index is 12.7. The van der Waals surface area contributed by atoms with Gasteiger partial charge in [-0.25, -0.2) is 4.79 Å². The average molecular weight is 403 g/mol. The number of halogens is 5.